The number of carbonyl (C=O) groups is 1. The fraction of sp³-hybridized carbons (Fsp3) is 0.167. The summed E-state index contributed by atoms with van der Waals surface area (Å²) in [6.45, 7) is 1.78. The smallest absolute Gasteiger partial charge is 0.214 e. The topological polar surface area (TPSA) is 55.6 Å². The maximum absolute atomic E-state index is 12.0. The van der Waals surface area contributed by atoms with Gasteiger partial charge in [-0.05, 0) is 19.1 Å². The van der Waals surface area contributed by atoms with Crippen LogP contribution in [0, 0.1) is 13.0 Å². The fourth-order valence-electron chi connectivity index (χ4n) is 1.71. The van der Waals surface area contributed by atoms with Crippen LogP contribution in [0.5, 0.6) is 5.75 Å². The molecule has 0 fully saturated rings. The quantitative estimate of drug-likeness (QED) is 0.791. The minimum atomic E-state index is -0.0676. The molecule has 91 valence electrons. The number of anilines is 1. The second-order valence-electron chi connectivity index (χ2n) is 3.88. The van der Waals surface area contributed by atoms with E-state index in [0.29, 0.717) is 27.9 Å². The lowest BCUT2D eigenvalue weighted by molar-refractivity contribution is 0.0940. The van der Waals surface area contributed by atoms with E-state index in [2.05, 4.69) is 11.2 Å². The minimum Gasteiger partial charge on any atom is -0.377 e. The van der Waals surface area contributed by atoms with E-state index < -0.39 is 0 Å². The highest BCUT2D eigenvalue weighted by atomic mass is 35.5. The molecule has 0 unspecified atom stereocenters. The summed E-state index contributed by atoms with van der Waals surface area (Å²) in [6, 6.07) is 7.75. The molecular formula is C12H8ClN2O3. The maximum atomic E-state index is 12.0. The summed E-state index contributed by atoms with van der Waals surface area (Å²) in [5.74, 6) is 1.21. The Labute approximate surface area is 108 Å². The average molecular weight is 264 g/mol. The third kappa shape index (κ3) is 1.82. The zero-order chi connectivity index (χ0) is 12.7. The highest BCUT2D eigenvalue weighted by Crippen LogP contribution is 2.29. The Morgan fingerprint density at radius 2 is 2.33 bits per heavy atom. The second kappa shape index (κ2) is 4.03. The van der Waals surface area contributed by atoms with E-state index in [1.54, 1.807) is 25.1 Å². The number of aromatic nitrogens is 1. The first-order chi connectivity index (χ1) is 8.63. The van der Waals surface area contributed by atoms with Gasteiger partial charge in [-0.1, -0.05) is 16.8 Å². The molecule has 1 aliphatic rings. The molecule has 0 aliphatic carbocycles. The number of ketones is 1. The summed E-state index contributed by atoms with van der Waals surface area (Å²) >= 11 is 5.87. The summed E-state index contributed by atoms with van der Waals surface area (Å²) in [6.07, 6.45) is 0. The maximum Gasteiger partial charge on any atom is 0.214 e. The number of hydroxylamine groups is 1. The molecule has 0 N–H and O–H groups in total. The van der Waals surface area contributed by atoms with Gasteiger partial charge in [0.25, 0.3) is 0 Å². The molecule has 0 atom stereocenters. The van der Waals surface area contributed by atoms with E-state index >= 15 is 0 Å². The molecule has 1 radical (unpaired) electrons. The second-order valence-corrected chi connectivity index (χ2v) is 4.32. The van der Waals surface area contributed by atoms with Gasteiger partial charge in [0.15, 0.2) is 11.5 Å². The Balaban J connectivity index is 1.98. The van der Waals surface area contributed by atoms with Crippen molar-refractivity contribution >= 4 is 23.2 Å². The molecule has 2 aromatic rings. The molecule has 0 spiro atoms. The lowest BCUT2D eigenvalue weighted by atomic mass is 10.1. The van der Waals surface area contributed by atoms with Crippen molar-refractivity contribution in [1.29, 1.82) is 0 Å². The Morgan fingerprint density at radius 1 is 1.50 bits per heavy atom. The Hall–Kier alpha value is -2.01. The van der Waals surface area contributed by atoms with E-state index in [4.69, 9.17) is 21.0 Å². The van der Waals surface area contributed by atoms with Gasteiger partial charge in [-0.15, -0.1) is 0 Å². The molecular weight excluding hydrogens is 256 g/mol. The third-order valence-electron chi connectivity index (χ3n) is 2.53. The number of benzene rings is 1. The molecule has 0 amide bonds. The van der Waals surface area contributed by atoms with Crippen LogP contribution in [0.25, 0.3) is 0 Å². The number of carbonyl (C=O) groups excluding carboxylic acids is 1. The third-order valence-corrected chi connectivity index (χ3v) is 2.77. The van der Waals surface area contributed by atoms with E-state index in [9.17, 15) is 4.79 Å². The number of fused-ring (bicyclic) bond motifs is 1. The van der Waals surface area contributed by atoms with Crippen LogP contribution in [0.1, 0.15) is 16.1 Å². The van der Waals surface area contributed by atoms with Gasteiger partial charge in [0.05, 0.1) is 11.6 Å². The number of nitrogens with zero attached hydrogens (tertiary/aromatic N) is 2. The van der Waals surface area contributed by atoms with E-state index in [1.807, 2.05) is 0 Å². The van der Waals surface area contributed by atoms with Crippen LogP contribution in [0.3, 0.4) is 0 Å². The lowest BCUT2D eigenvalue weighted by Gasteiger charge is -2.26. The van der Waals surface area contributed by atoms with Gasteiger partial charge in [0.2, 0.25) is 5.82 Å². The van der Waals surface area contributed by atoms with E-state index in [-0.39, 0.29) is 12.3 Å². The summed E-state index contributed by atoms with van der Waals surface area (Å²) in [5.41, 5.74) is 0.510. The number of aryl methyl sites for hydroxylation is 1. The Bertz CT molecular complexity index is 624. The summed E-state index contributed by atoms with van der Waals surface area (Å²) in [7, 11) is 0. The predicted molar refractivity (Wildman–Crippen MR) is 63.8 cm³/mol. The SMILES string of the molecule is Cc1[c]c(N2CC(=O)c3ccc(Cl)cc3O2)no1. The summed E-state index contributed by atoms with van der Waals surface area (Å²) in [4.78, 5) is 17.5. The minimum absolute atomic E-state index is 0.0666. The van der Waals surface area contributed by atoms with Crippen LogP contribution in [0.2, 0.25) is 5.02 Å². The standard InChI is InChI=1S/C12H8ClN2O3/c1-7-4-12(14-17-7)15-6-10(16)9-3-2-8(13)5-11(9)18-15/h2-3,5H,6H2,1H3. The highest BCUT2D eigenvalue weighted by Gasteiger charge is 2.27. The van der Waals surface area contributed by atoms with Gasteiger partial charge in [-0.25, -0.2) is 0 Å². The van der Waals surface area contributed by atoms with Crippen LogP contribution in [0.4, 0.5) is 5.82 Å². The van der Waals surface area contributed by atoms with Crippen LogP contribution >= 0.6 is 11.6 Å². The van der Waals surface area contributed by atoms with Gasteiger partial charge in [0.1, 0.15) is 12.3 Å². The zero-order valence-electron chi connectivity index (χ0n) is 9.44. The zero-order valence-corrected chi connectivity index (χ0v) is 10.2. The number of rotatable bonds is 1. The van der Waals surface area contributed by atoms with Crippen molar-refractivity contribution in [2.24, 2.45) is 0 Å². The van der Waals surface area contributed by atoms with Crippen molar-refractivity contribution in [3.63, 3.8) is 0 Å². The van der Waals surface area contributed by atoms with E-state index in [0.717, 1.165) is 0 Å². The van der Waals surface area contributed by atoms with Gasteiger partial charge in [0, 0.05) is 11.1 Å². The van der Waals surface area contributed by atoms with Crippen LogP contribution < -0.4 is 9.90 Å². The molecule has 1 aromatic heterocycles. The van der Waals surface area contributed by atoms with Crippen molar-refractivity contribution < 1.29 is 14.2 Å². The van der Waals surface area contributed by atoms with Crippen LogP contribution in [-0.2, 0) is 0 Å². The van der Waals surface area contributed by atoms with Crippen molar-refractivity contribution in [3.8, 4) is 5.75 Å². The number of Topliss-reactive ketones (excluding diaryl/α,β-unsaturated/α-hetero) is 1. The normalized spacial score (nSPS) is 14.3. The molecule has 1 aromatic carbocycles. The van der Waals surface area contributed by atoms with Crippen molar-refractivity contribution in [3.05, 3.63) is 40.6 Å². The lowest BCUT2D eigenvalue weighted by Crippen LogP contribution is -2.38. The highest BCUT2D eigenvalue weighted by molar-refractivity contribution is 6.31. The predicted octanol–water partition coefficient (Wildman–Crippen LogP) is 2.43. The van der Waals surface area contributed by atoms with E-state index in [1.165, 1.54) is 5.06 Å². The first kappa shape index (κ1) is 11.1. The molecule has 5 nitrogen and oxygen atoms in total. The number of hydrogen-bond acceptors (Lipinski definition) is 5. The van der Waals surface area contributed by atoms with Crippen LogP contribution in [-0.4, -0.2) is 17.5 Å². The molecule has 18 heavy (non-hydrogen) atoms. The number of halogens is 1. The molecule has 0 saturated carbocycles. The van der Waals surface area contributed by atoms with Gasteiger partial charge >= 0.3 is 0 Å². The van der Waals surface area contributed by atoms with Crippen molar-refractivity contribution in [1.82, 2.24) is 5.16 Å². The first-order valence-corrected chi connectivity index (χ1v) is 5.65. The summed E-state index contributed by atoms with van der Waals surface area (Å²) in [5, 5.41) is 5.59. The molecule has 2 heterocycles. The molecule has 0 bridgehead atoms. The molecule has 6 heteroatoms. The average Bonchev–Trinajstić information content (AvgIpc) is 2.75. The van der Waals surface area contributed by atoms with Gasteiger partial charge in [-0.2, -0.15) is 5.06 Å². The Morgan fingerprint density at radius 3 is 3.06 bits per heavy atom. The monoisotopic (exact) mass is 263 g/mol. The molecule has 1 aliphatic heterocycles. The Kier molecular flexibility index (Phi) is 2.48. The van der Waals surface area contributed by atoms with Crippen molar-refractivity contribution in [2.45, 2.75) is 6.92 Å². The largest absolute Gasteiger partial charge is 0.377 e. The number of hydrogen-bond donors (Lipinski definition) is 0. The fourth-order valence-corrected chi connectivity index (χ4v) is 1.87. The van der Waals surface area contributed by atoms with Crippen molar-refractivity contribution in [2.75, 3.05) is 11.6 Å². The van der Waals surface area contributed by atoms with Crippen LogP contribution in [0.15, 0.2) is 22.7 Å². The molecule has 3 rings (SSSR count). The molecule has 0 saturated heterocycles. The summed E-state index contributed by atoms with van der Waals surface area (Å²) < 4.78 is 4.90. The van der Waals surface area contributed by atoms with Gasteiger partial charge in [-0.3, -0.25) is 4.79 Å². The van der Waals surface area contributed by atoms with Gasteiger partial charge < -0.3 is 9.36 Å². The first-order valence-electron chi connectivity index (χ1n) is 5.27.